The molecule has 0 saturated heterocycles. The zero-order valence-electron chi connectivity index (χ0n) is 14.2. The maximum Gasteiger partial charge on any atom is 0.342 e. The van der Waals surface area contributed by atoms with Crippen LogP contribution in [0.5, 0.6) is 11.5 Å². The Bertz CT molecular complexity index is 633. The summed E-state index contributed by atoms with van der Waals surface area (Å²) in [6.07, 6.45) is 7.33. The van der Waals surface area contributed by atoms with Crippen LogP contribution in [0, 0.1) is 0 Å². The molecular weight excluding hydrogens is 308 g/mol. The molecule has 0 aromatic heterocycles. The first kappa shape index (κ1) is 18.0. The number of aromatic hydroxyl groups is 1. The van der Waals surface area contributed by atoms with E-state index in [1.54, 1.807) is 6.08 Å². The first-order chi connectivity index (χ1) is 11.5. The molecule has 5 heteroatoms. The molecule has 1 atom stereocenters. The van der Waals surface area contributed by atoms with Crippen molar-refractivity contribution in [3.63, 3.8) is 0 Å². The Balaban J connectivity index is 2.36. The van der Waals surface area contributed by atoms with Crippen molar-refractivity contribution in [3.05, 3.63) is 29.3 Å². The van der Waals surface area contributed by atoms with Crippen molar-refractivity contribution in [2.24, 2.45) is 0 Å². The van der Waals surface area contributed by atoms with Crippen LogP contribution in [0.3, 0.4) is 0 Å². The molecule has 0 aliphatic carbocycles. The normalized spacial score (nSPS) is 21.3. The number of phenols is 1. The lowest BCUT2D eigenvalue weighted by atomic mass is 10.0. The van der Waals surface area contributed by atoms with Gasteiger partial charge < -0.3 is 14.6 Å². The predicted molar refractivity (Wildman–Crippen MR) is 91.3 cm³/mol. The number of hydrogen-bond acceptors (Lipinski definition) is 5. The molecule has 130 valence electrons. The molecule has 0 spiro atoms. The molecule has 1 aromatic rings. The molecule has 0 fully saturated rings. The molecule has 0 unspecified atom stereocenters. The molecule has 1 aliphatic rings. The Hall–Kier alpha value is -2.30. The minimum Gasteiger partial charge on any atom is -0.508 e. The van der Waals surface area contributed by atoms with E-state index in [1.165, 1.54) is 19.2 Å². The number of Topliss-reactive ketones (excluding diaryl/α,β-unsaturated/α-hetero) is 1. The van der Waals surface area contributed by atoms with Gasteiger partial charge in [-0.25, -0.2) is 4.79 Å². The van der Waals surface area contributed by atoms with E-state index in [0.717, 1.165) is 12.8 Å². The van der Waals surface area contributed by atoms with E-state index in [9.17, 15) is 14.7 Å². The van der Waals surface area contributed by atoms with Gasteiger partial charge in [0.05, 0.1) is 13.2 Å². The number of hydrogen-bond donors (Lipinski definition) is 1. The van der Waals surface area contributed by atoms with Crippen LogP contribution in [-0.2, 0) is 9.53 Å². The maximum atomic E-state index is 12.6. The summed E-state index contributed by atoms with van der Waals surface area (Å²) in [5, 5.41) is 9.83. The number of esters is 1. The van der Waals surface area contributed by atoms with Crippen LogP contribution in [0.1, 0.15) is 61.4 Å². The number of allylic oxidation sites excluding steroid dienone is 1. The Kier molecular flexibility index (Phi) is 6.41. The molecule has 0 amide bonds. The van der Waals surface area contributed by atoms with Gasteiger partial charge in [0, 0.05) is 18.9 Å². The highest BCUT2D eigenvalue weighted by Gasteiger charge is 2.21. The molecule has 1 N–H and O–H groups in total. The highest BCUT2D eigenvalue weighted by atomic mass is 16.5. The van der Waals surface area contributed by atoms with Crippen LogP contribution in [-0.4, -0.2) is 30.1 Å². The molecule has 0 bridgehead atoms. The fraction of sp³-hybridized carbons (Fsp3) is 0.474. The molecular formula is C19H24O5. The van der Waals surface area contributed by atoms with E-state index >= 15 is 0 Å². The van der Waals surface area contributed by atoms with Crippen molar-refractivity contribution in [1.82, 2.24) is 0 Å². The third-order valence-corrected chi connectivity index (χ3v) is 4.04. The van der Waals surface area contributed by atoms with Gasteiger partial charge >= 0.3 is 5.97 Å². The number of ketones is 1. The van der Waals surface area contributed by atoms with Crippen LogP contribution >= 0.6 is 0 Å². The van der Waals surface area contributed by atoms with Crippen LogP contribution < -0.4 is 4.74 Å². The van der Waals surface area contributed by atoms with E-state index in [2.05, 4.69) is 0 Å². The lowest BCUT2D eigenvalue weighted by Crippen LogP contribution is -2.17. The molecule has 1 aliphatic heterocycles. The average molecular weight is 332 g/mol. The zero-order valence-corrected chi connectivity index (χ0v) is 14.2. The molecule has 1 heterocycles. The van der Waals surface area contributed by atoms with Crippen molar-refractivity contribution in [1.29, 1.82) is 0 Å². The van der Waals surface area contributed by atoms with Gasteiger partial charge in [0.2, 0.25) is 0 Å². The van der Waals surface area contributed by atoms with Gasteiger partial charge in [-0.3, -0.25) is 4.79 Å². The van der Waals surface area contributed by atoms with E-state index < -0.39 is 5.97 Å². The molecule has 0 saturated carbocycles. The summed E-state index contributed by atoms with van der Waals surface area (Å²) < 4.78 is 10.7. The summed E-state index contributed by atoms with van der Waals surface area (Å²) in [6.45, 7) is 1.82. The van der Waals surface area contributed by atoms with Gasteiger partial charge in [-0.1, -0.05) is 12.2 Å². The highest BCUT2D eigenvalue weighted by molar-refractivity contribution is 5.97. The largest absolute Gasteiger partial charge is 0.508 e. The van der Waals surface area contributed by atoms with E-state index in [4.69, 9.17) is 9.47 Å². The van der Waals surface area contributed by atoms with Crippen molar-refractivity contribution in [2.45, 2.75) is 51.6 Å². The van der Waals surface area contributed by atoms with Crippen molar-refractivity contribution in [2.75, 3.05) is 7.11 Å². The minimum absolute atomic E-state index is 0.0207. The van der Waals surface area contributed by atoms with Crippen molar-refractivity contribution >= 4 is 17.8 Å². The number of rotatable bonds is 1. The number of methoxy groups -OCH3 is 1. The van der Waals surface area contributed by atoms with Gasteiger partial charge in [0.25, 0.3) is 0 Å². The Labute approximate surface area is 142 Å². The van der Waals surface area contributed by atoms with Crippen LogP contribution in [0.15, 0.2) is 18.2 Å². The summed E-state index contributed by atoms with van der Waals surface area (Å²) in [4.78, 5) is 24.3. The fourth-order valence-electron chi connectivity index (χ4n) is 2.77. The Morgan fingerprint density at radius 1 is 1.21 bits per heavy atom. The fourth-order valence-corrected chi connectivity index (χ4v) is 2.77. The second-order valence-electron chi connectivity index (χ2n) is 6.05. The van der Waals surface area contributed by atoms with Gasteiger partial charge in [0.15, 0.2) is 0 Å². The Morgan fingerprint density at radius 2 is 1.96 bits per heavy atom. The summed E-state index contributed by atoms with van der Waals surface area (Å²) >= 11 is 0. The van der Waals surface area contributed by atoms with Crippen LogP contribution in [0.25, 0.3) is 6.08 Å². The first-order valence-corrected chi connectivity index (χ1v) is 8.31. The third-order valence-electron chi connectivity index (χ3n) is 4.04. The molecule has 2 rings (SSSR count). The van der Waals surface area contributed by atoms with Crippen molar-refractivity contribution < 1.29 is 24.2 Å². The van der Waals surface area contributed by atoms with Crippen molar-refractivity contribution in [3.8, 4) is 11.5 Å². The SMILES string of the molecule is COc1cc(O)cc2c1C(=O)O[C@H](C)CCCC(=O)CCC/C=C/2. The second kappa shape index (κ2) is 8.52. The average Bonchev–Trinajstić information content (AvgIpc) is 2.52. The molecule has 5 nitrogen and oxygen atoms in total. The van der Waals surface area contributed by atoms with E-state index in [-0.39, 0.29) is 23.4 Å². The topological polar surface area (TPSA) is 72.8 Å². The van der Waals surface area contributed by atoms with E-state index in [1.807, 2.05) is 13.0 Å². The zero-order chi connectivity index (χ0) is 17.5. The molecule has 24 heavy (non-hydrogen) atoms. The third kappa shape index (κ3) is 4.85. The quantitative estimate of drug-likeness (QED) is 0.790. The maximum absolute atomic E-state index is 12.6. The summed E-state index contributed by atoms with van der Waals surface area (Å²) in [5.74, 6) is 0.0719. The minimum atomic E-state index is -0.484. The molecule has 1 aromatic carbocycles. The summed E-state index contributed by atoms with van der Waals surface area (Å²) in [5.41, 5.74) is 0.860. The standard InChI is InChI=1S/C19H24O5/c1-13-7-6-10-15(20)9-5-3-4-8-14-11-16(21)12-17(23-2)18(14)19(22)24-13/h4,8,11-13,21H,3,5-7,9-10H2,1-2H3/b8-4+/t13-/m1/s1. The highest BCUT2D eigenvalue weighted by Crippen LogP contribution is 2.30. The van der Waals surface area contributed by atoms with Gasteiger partial charge in [0.1, 0.15) is 22.8 Å². The number of carbonyl (C=O) groups excluding carboxylic acids is 2. The smallest absolute Gasteiger partial charge is 0.342 e. The van der Waals surface area contributed by atoms with Gasteiger partial charge in [-0.2, -0.15) is 0 Å². The summed E-state index contributed by atoms with van der Waals surface area (Å²) in [6, 6.07) is 2.91. The van der Waals surface area contributed by atoms with Gasteiger partial charge in [-0.05, 0) is 44.2 Å². The first-order valence-electron chi connectivity index (χ1n) is 8.31. The number of fused-ring (bicyclic) bond motifs is 1. The lowest BCUT2D eigenvalue weighted by Gasteiger charge is -2.17. The van der Waals surface area contributed by atoms with E-state index in [0.29, 0.717) is 36.8 Å². The van der Waals surface area contributed by atoms with Gasteiger partial charge in [-0.15, -0.1) is 0 Å². The monoisotopic (exact) mass is 332 g/mol. The Morgan fingerprint density at radius 3 is 2.71 bits per heavy atom. The van der Waals surface area contributed by atoms with Crippen LogP contribution in [0.2, 0.25) is 0 Å². The number of cyclic esters (lactones) is 1. The van der Waals surface area contributed by atoms with Crippen LogP contribution in [0.4, 0.5) is 0 Å². The number of benzene rings is 1. The number of carbonyl (C=O) groups is 2. The second-order valence-corrected chi connectivity index (χ2v) is 6.05. The summed E-state index contributed by atoms with van der Waals surface area (Å²) in [7, 11) is 1.45. The number of ether oxygens (including phenoxy) is 2. The molecule has 0 radical (unpaired) electrons. The lowest BCUT2D eigenvalue weighted by molar-refractivity contribution is -0.119. The predicted octanol–water partition coefficient (Wildman–Crippen LogP) is 3.88. The number of phenolic OH excluding ortho intramolecular Hbond substituents is 1.